The highest BCUT2D eigenvalue weighted by molar-refractivity contribution is 9.10. The highest BCUT2D eigenvalue weighted by Crippen LogP contribution is 2.25. The first-order chi connectivity index (χ1) is 12.2. The lowest BCUT2D eigenvalue weighted by atomic mass is 10.2. The minimum Gasteiger partial charge on any atom is -0.497 e. The second-order valence-corrected chi connectivity index (χ2v) is 6.33. The van der Waals surface area contributed by atoms with Crippen LogP contribution in [0, 0.1) is 0 Å². The lowest BCUT2D eigenvalue weighted by molar-refractivity contribution is 0.305. The Hall–Kier alpha value is -2.59. The zero-order valence-corrected chi connectivity index (χ0v) is 15.4. The number of ether oxygens (including phenoxy) is 2. The van der Waals surface area contributed by atoms with Gasteiger partial charge in [0.1, 0.15) is 18.1 Å². The van der Waals surface area contributed by atoms with Gasteiger partial charge in [0.25, 0.3) is 0 Å². The van der Waals surface area contributed by atoms with Gasteiger partial charge in [-0.2, -0.15) is 0 Å². The summed E-state index contributed by atoms with van der Waals surface area (Å²) in [4.78, 5) is 4.52. The fraction of sp³-hybridized carbons (Fsp3) is 0.0952. The van der Waals surface area contributed by atoms with Gasteiger partial charge >= 0.3 is 0 Å². The lowest BCUT2D eigenvalue weighted by Gasteiger charge is -2.10. The molecule has 0 aliphatic rings. The SMILES string of the molecule is COc1ccc(N=Cc2ccc(Br)cc2OCc2ccccc2)cc1. The summed E-state index contributed by atoms with van der Waals surface area (Å²) in [6.45, 7) is 0.515. The molecule has 3 nitrogen and oxygen atoms in total. The van der Waals surface area contributed by atoms with Gasteiger partial charge in [-0.25, -0.2) is 0 Å². The summed E-state index contributed by atoms with van der Waals surface area (Å²) in [6, 6.07) is 23.6. The van der Waals surface area contributed by atoms with Crippen LogP contribution < -0.4 is 9.47 Å². The molecule has 0 radical (unpaired) electrons. The second-order valence-electron chi connectivity index (χ2n) is 5.41. The molecular weight excluding hydrogens is 378 g/mol. The van der Waals surface area contributed by atoms with Gasteiger partial charge in [-0.1, -0.05) is 46.3 Å². The molecule has 0 aromatic heterocycles. The molecule has 126 valence electrons. The normalized spacial score (nSPS) is 10.8. The van der Waals surface area contributed by atoms with Gasteiger partial charge in [-0.05, 0) is 48.0 Å². The number of benzene rings is 3. The number of hydrogen-bond donors (Lipinski definition) is 0. The van der Waals surface area contributed by atoms with Crippen LogP contribution in [-0.4, -0.2) is 13.3 Å². The second kappa shape index (κ2) is 8.49. The van der Waals surface area contributed by atoms with Crippen molar-refractivity contribution < 1.29 is 9.47 Å². The summed E-state index contributed by atoms with van der Waals surface area (Å²) in [5, 5.41) is 0. The van der Waals surface area contributed by atoms with E-state index < -0.39 is 0 Å². The van der Waals surface area contributed by atoms with Crippen molar-refractivity contribution in [2.75, 3.05) is 7.11 Å². The van der Waals surface area contributed by atoms with Crippen molar-refractivity contribution in [1.29, 1.82) is 0 Å². The number of nitrogens with zero attached hydrogens (tertiary/aromatic N) is 1. The summed E-state index contributed by atoms with van der Waals surface area (Å²) in [6.07, 6.45) is 1.81. The number of methoxy groups -OCH3 is 1. The Kier molecular flexibility index (Phi) is 5.86. The molecule has 0 unspecified atom stereocenters. The molecule has 3 rings (SSSR count). The molecule has 3 aromatic carbocycles. The molecule has 0 amide bonds. The predicted octanol–water partition coefficient (Wildman–Crippen LogP) is 5.79. The molecular formula is C21H18BrNO2. The first-order valence-corrected chi connectivity index (χ1v) is 8.68. The largest absolute Gasteiger partial charge is 0.497 e. The zero-order valence-electron chi connectivity index (χ0n) is 13.9. The number of aliphatic imine (C=N–C) groups is 1. The molecule has 0 aliphatic carbocycles. The maximum atomic E-state index is 5.99. The van der Waals surface area contributed by atoms with Crippen LogP contribution in [0.25, 0.3) is 0 Å². The van der Waals surface area contributed by atoms with Crippen molar-refractivity contribution >= 4 is 27.8 Å². The average Bonchev–Trinajstić information content (AvgIpc) is 2.67. The Morgan fingerprint density at radius 3 is 2.44 bits per heavy atom. The summed E-state index contributed by atoms with van der Waals surface area (Å²) >= 11 is 3.50. The van der Waals surface area contributed by atoms with E-state index in [9.17, 15) is 0 Å². The molecule has 0 atom stereocenters. The Balaban J connectivity index is 1.77. The molecule has 25 heavy (non-hydrogen) atoms. The van der Waals surface area contributed by atoms with Crippen LogP contribution in [0.15, 0.2) is 82.3 Å². The van der Waals surface area contributed by atoms with Crippen LogP contribution in [-0.2, 0) is 6.61 Å². The highest BCUT2D eigenvalue weighted by atomic mass is 79.9. The van der Waals surface area contributed by atoms with Crippen molar-refractivity contribution in [3.8, 4) is 11.5 Å². The van der Waals surface area contributed by atoms with Gasteiger partial charge in [0.15, 0.2) is 0 Å². The van der Waals surface area contributed by atoms with Gasteiger partial charge in [0, 0.05) is 16.3 Å². The average molecular weight is 396 g/mol. The van der Waals surface area contributed by atoms with Crippen molar-refractivity contribution in [2.24, 2.45) is 4.99 Å². The van der Waals surface area contributed by atoms with Crippen molar-refractivity contribution in [2.45, 2.75) is 6.61 Å². The smallest absolute Gasteiger partial charge is 0.129 e. The third kappa shape index (κ3) is 4.94. The minimum atomic E-state index is 0.515. The zero-order chi connectivity index (χ0) is 17.5. The maximum Gasteiger partial charge on any atom is 0.129 e. The summed E-state index contributed by atoms with van der Waals surface area (Å²) < 4.78 is 12.1. The first-order valence-electron chi connectivity index (χ1n) is 7.89. The van der Waals surface area contributed by atoms with E-state index in [1.54, 1.807) is 7.11 Å². The van der Waals surface area contributed by atoms with Gasteiger partial charge < -0.3 is 9.47 Å². The monoisotopic (exact) mass is 395 g/mol. The minimum absolute atomic E-state index is 0.515. The summed E-state index contributed by atoms with van der Waals surface area (Å²) in [5.41, 5.74) is 2.91. The quantitative estimate of drug-likeness (QED) is 0.494. The van der Waals surface area contributed by atoms with Crippen LogP contribution in [0.5, 0.6) is 11.5 Å². The summed E-state index contributed by atoms with van der Waals surface area (Å²) in [7, 11) is 1.65. The van der Waals surface area contributed by atoms with Crippen LogP contribution in [0.1, 0.15) is 11.1 Å². The van der Waals surface area contributed by atoms with E-state index in [0.29, 0.717) is 6.61 Å². The van der Waals surface area contributed by atoms with E-state index in [4.69, 9.17) is 9.47 Å². The van der Waals surface area contributed by atoms with Crippen molar-refractivity contribution in [3.63, 3.8) is 0 Å². The Morgan fingerprint density at radius 1 is 0.960 bits per heavy atom. The first kappa shape index (κ1) is 17.2. The Morgan fingerprint density at radius 2 is 1.72 bits per heavy atom. The van der Waals surface area contributed by atoms with Gasteiger partial charge in [0.05, 0.1) is 12.8 Å². The molecule has 3 aromatic rings. The van der Waals surface area contributed by atoms with Crippen LogP contribution in [0.2, 0.25) is 0 Å². The van der Waals surface area contributed by atoms with Gasteiger partial charge in [-0.3, -0.25) is 4.99 Å². The van der Waals surface area contributed by atoms with E-state index in [0.717, 1.165) is 32.8 Å². The van der Waals surface area contributed by atoms with E-state index in [2.05, 4.69) is 20.9 Å². The fourth-order valence-corrected chi connectivity index (χ4v) is 2.63. The van der Waals surface area contributed by atoms with E-state index >= 15 is 0 Å². The Bertz CT molecular complexity index is 846. The maximum absolute atomic E-state index is 5.99. The number of rotatable bonds is 6. The fourth-order valence-electron chi connectivity index (χ4n) is 2.29. The van der Waals surface area contributed by atoms with E-state index in [-0.39, 0.29) is 0 Å². The molecule has 0 spiro atoms. The van der Waals surface area contributed by atoms with Crippen molar-refractivity contribution in [1.82, 2.24) is 0 Å². The van der Waals surface area contributed by atoms with Crippen LogP contribution >= 0.6 is 15.9 Å². The van der Waals surface area contributed by atoms with Crippen LogP contribution in [0.4, 0.5) is 5.69 Å². The lowest BCUT2D eigenvalue weighted by Crippen LogP contribution is -1.98. The third-order valence-electron chi connectivity index (χ3n) is 3.64. The van der Waals surface area contributed by atoms with Gasteiger partial charge in [0.2, 0.25) is 0 Å². The molecule has 0 aliphatic heterocycles. The molecule has 0 fully saturated rings. The predicted molar refractivity (Wildman–Crippen MR) is 105 cm³/mol. The standard InChI is InChI=1S/C21H18BrNO2/c1-24-20-11-9-19(10-12-20)23-14-17-7-8-18(22)13-21(17)25-15-16-5-3-2-4-6-16/h2-14H,15H2,1H3. The summed E-state index contributed by atoms with van der Waals surface area (Å²) in [5.74, 6) is 1.60. The molecule has 0 saturated carbocycles. The third-order valence-corrected chi connectivity index (χ3v) is 4.13. The Labute approximate surface area is 156 Å². The molecule has 4 heteroatoms. The number of hydrogen-bond acceptors (Lipinski definition) is 3. The number of halogens is 1. The molecule has 0 N–H and O–H groups in total. The van der Waals surface area contributed by atoms with Crippen molar-refractivity contribution in [3.05, 3.63) is 88.4 Å². The van der Waals surface area contributed by atoms with Gasteiger partial charge in [-0.15, -0.1) is 0 Å². The molecule has 0 heterocycles. The van der Waals surface area contributed by atoms with Crippen LogP contribution in [0.3, 0.4) is 0 Å². The molecule has 0 saturated heterocycles. The highest BCUT2D eigenvalue weighted by Gasteiger charge is 2.04. The molecule has 0 bridgehead atoms. The van der Waals surface area contributed by atoms with E-state index in [1.165, 1.54) is 0 Å². The van der Waals surface area contributed by atoms with E-state index in [1.807, 2.05) is 79.0 Å². The topological polar surface area (TPSA) is 30.8 Å².